The first-order valence-electron chi connectivity index (χ1n) is 13.7. The van der Waals surface area contributed by atoms with Gasteiger partial charge in [0.1, 0.15) is 17.8 Å². The number of benzene rings is 2. The summed E-state index contributed by atoms with van der Waals surface area (Å²) < 4.78 is 5.51. The Morgan fingerprint density at radius 3 is 2.72 bits per heavy atom. The standard InChI is InChI=1S/C29H33N9O/c30-21-2-1-9-37(17-21)16-19-3-8-25-23(14-19)28(36-35-25)33-22-6-4-20(5-7-22)26-15-24-27(34-26)31-18-32-29(24)38-10-12-39-13-11-38/h3-8,14-15,18,21H,1-2,9-13,16-17,30H2,(H,31,32,34)(H2,33,35,36)/t21-/m1/s1. The molecule has 10 heteroatoms. The summed E-state index contributed by atoms with van der Waals surface area (Å²) in [4.78, 5) is 17.2. The fraction of sp³-hybridized carbons (Fsp3) is 0.345. The van der Waals surface area contributed by atoms with Crippen molar-refractivity contribution in [1.82, 2.24) is 30.0 Å². The van der Waals surface area contributed by atoms with Crippen molar-refractivity contribution in [2.45, 2.75) is 25.4 Å². The molecular formula is C29H33N9O. The second-order valence-corrected chi connectivity index (χ2v) is 10.5. The first-order valence-corrected chi connectivity index (χ1v) is 13.7. The average Bonchev–Trinajstić information content (AvgIpc) is 3.58. The number of nitrogens with two attached hydrogens (primary N) is 1. The van der Waals surface area contributed by atoms with E-state index in [1.807, 2.05) is 0 Å². The average molecular weight is 524 g/mol. The Morgan fingerprint density at radius 2 is 1.87 bits per heavy atom. The fourth-order valence-electron chi connectivity index (χ4n) is 5.73. The molecule has 0 aliphatic carbocycles. The van der Waals surface area contributed by atoms with Gasteiger partial charge in [0.15, 0.2) is 5.82 Å². The van der Waals surface area contributed by atoms with Gasteiger partial charge in [-0.1, -0.05) is 18.2 Å². The van der Waals surface area contributed by atoms with E-state index in [0.717, 1.165) is 103 Å². The number of nitrogens with zero attached hydrogens (tertiary/aromatic N) is 5. The second kappa shape index (κ2) is 10.3. The SMILES string of the molecule is N[C@@H]1CCCN(Cc2ccc3[nH]nc(Nc4ccc(-c5cc6c(N7CCOCC7)ncnc6[nH]5)cc4)c3c2)C1. The van der Waals surface area contributed by atoms with Gasteiger partial charge in [0.05, 0.1) is 24.1 Å². The molecule has 0 bridgehead atoms. The van der Waals surface area contributed by atoms with Crippen LogP contribution in [0.5, 0.6) is 0 Å². The minimum Gasteiger partial charge on any atom is -0.378 e. The Labute approximate surface area is 226 Å². The number of aromatic amines is 2. The van der Waals surface area contributed by atoms with Gasteiger partial charge < -0.3 is 25.7 Å². The van der Waals surface area contributed by atoms with E-state index in [4.69, 9.17) is 10.5 Å². The second-order valence-electron chi connectivity index (χ2n) is 10.5. The van der Waals surface area contributed by atoms with Gasteiger partial charge in [-0.15, -0.1) is 0 Å². The van der Waals surface area contributed by atoms with E-state index in [2.05, 4.69) is 88.8 Å². The van der Waals surface area contributed by atoms with Gasteiger partial charge in [-0.2, -0.15) is 5.10 Å². The first-order chi connectivity index (χ1) is 19.2. The lowest BCUT2D eigenvalue weighted by Gasteiger charge is -2.30. The van der Waals surface area contributed by atoms with Crippen molar-refractivity contribution in [3.8, 4) is 11.3 Å². The van der Waals surface area contributed by atoms with Crippen LogP contribution in [0.4, 0.5) is 17.3 Å². The molecule has 2 saturated heterocycles. The molecule has 0 amide bonds. The van der Waals surface area contributed by atoms with E-state index >= 15 is 0 Å². The van der Waals surface area contributed by atoms with Crippen molar-refractivity contribution in [3.63, 3.8) is 0 Å². The summed E-state index contributed by atoms with van der Waals surface area (Å²) in [5.41, 5.74) is 12.4. The van der Waals surface area contributed by atoms with Crippen LogP contribution in [0, 0.1) is 0 Å². The summed E-state index contributed by atoms with van der Waals surface area (Å²) in [7, 11) is 0. The lowest BCUT2D eigenvalue weighted by Crippen LogP contribution is -2.42. The number of anilines is 3. The molecule has 0 spiro atoms. The molecule has 5 aromatic rings. The zero-order valence-corrected chi connectivity index (χ0v) is 21.9. The molecule has 0 unspecified atom stereocenters. The normalized spacial score (nSPS) is 18.7. The summed E-state index contributed by atoms with van der Waals surface area (Å²) in [6.07, 6.45) is 3.91. The van der Waals surface area contributed by atoms with Gasteiger partial charge in [0, 0.05) is 49.0 Å². The molecule has 1 atom stereocenters. The van der Waals surface area contributed by atoms with Gasteiger partial charge in [0.2, 0.25) is 0 Å². The zero-order valence-electron chi connectivity index (χ0n) is 21.9. The molecule has 7 rings (SSSR count). The maximum atomic E-state index is 6.19. The molecule has 2 aliphatic heterocycles. The lowest BCUT2D eigenvalue weighted by atomic mass is 10.1. The molecule has 10 nitrogen and oxygen atoms in total. The highest BCUT2D eigenvalue weighted by molar-refractivity contribution is 5.93. The van der Waals surface area contributed by atoms with Gasteiger partial charge in [-0.25, -0.2) is 9.97 Å². The van der Waals surface area contributed by atoms with E-state index in [1.54, 1.807) is 6.33 Å². The predicted octanol–water partition coefficient (Wildman–Crippen LogP) is 4.00. The van der Waals surface area contributed by atoms with E-state index in [0.29, 0.717) is 0 Å². The van der Waals surface area contributed by atoms with Gasteiger partial charge in [-0.3, -0.25) is 10.00 Å². The molecule has 2 aromatic carbocycles. The number of aromatic nitrogens is 5. The molecule has 39 heavy (non-hydrogen) atoms. The number of ether oxygens (including phenoxy) is 1. The topological polar surface area (TPSA) is 124 Å². The van der Waals surface area contributed by atoms with Crippen LogP contribution in [-0.2, 0) is 11.3 Å². The van der Waals surface area contributed by atoms with Gasteiger partial charge in [-0.05, 0) is 60.8 Å². The molecule has 3 aromatic heterocycles. The number of rotatable bonds is 6. The number of piperidine rings is 1. The minimum absolute atomic E-state index is 0.278. The largest absolute Gasteiger partial charge is 0.378 e. The highest BCUT2D eigenvalue weighted by Gasteiger charge is 2.19. The molecule has 200 valence electrons. The van der Waals surface area contributed by atoms with Crippen LogP contribution in [-0.4, -0.2) is 75.5 Å². The molecule has 5 heterocycles. The van der Waals surface area contributed by atoms with E-state index in [-0.39, 0.29) is 6.04 Å². The van der Waals surface area contributed by atoms with E-state index in [1.165, 1.54) is 12.0 Å². The van der Waals surface area contributed by atoms with Crippen molar-refractivity contribution in [2.24, 2.45) is 5.73 Å². The van der Waals surface area contributed by atoms with Crippen molar-refractivity contribution in [2.75, 3.05) is 49.6 Å². The number of morpholine rings is 1. The van der Waals surface area contributed by atoms with Crippen LogP contribution in [0.25, 0.3) is 33.2 Å². The van der Waals surface area contributed by atoms with Crippen molar-refractivity contribution in [1.29, 1.82) is 0 Å². The molecule has 5 N–H and O–H groups in total. The van der Waals surface area contributed by atoms with Crippen molar-refractivity contribution in [3.05, 3.63) is 60.4 Å². The maximum absolute atomic E-state index is 6.19. The van der Waals surface area contributed by atoms with Crippen molar-refractivity contribution < 1.29 is 4.74 Å². The third-order valence-electron chi connectivity index (χ3n) is 7.75. The molecule has 2 fully saturated rings. The van der Waals surface area contributed by atoms with Crippen molar-refractivity contribution >= 4 is 39.3 Å². The number of hydrogen-bond acceptors (Lipinski definition) is 8. The Bertz CT molecular complexity index is 1590. The number of H-pyrrole nitrogens is 2. The third kappa shape index (κ3) is 4.94. The summed E-state index contributed by atoms with van der Waals surface area (Å²) >= 11 is 0. The van der Waals surface area contributed by atoms with E-state index in [9.17, 15) is 0 Å². The number of hydrogen-bond donors (Lipinski definition) is 4. The Hall–Kier alpha value is -3.99. The van der Waals surface area contributed by atoms with Crippen LogP contribution in [0.3, 0.4) is 0 Å². The Morgan fingerprint density at radius 1 is 1.00 bits per heavy atom. The summed E-state index contributed by atoms with van der Waals surface area (Å²) in [6, 6.07) is 17.3. The van der Waals surface area contributed by atoms with Gasteiger partial charge in [0.25, 0.3) is 0 Å². The van der Waals surface area contributed by atoms with Crippen LogP contribution in [0.2, 0.25) is 0 Å². The molecule has 2 aliphatic rings. The van der Waals surface area contributed by atoms with Crippen LogP contribution >= 0.6 is 0 Å². The third-order valence-corrected chi connectivity index (χ3v) is 7.75. The summed E-state index contributed by atoms with van der Waals surface area (Å²) in [5, 5.41) is 13.3. The van der Waals surface area contributed by atoms with Crippen LogP contribution in [0.1, 0.15) is 18.4 Å². The zero-order chi connectivity index (χ0) is 26.2. The van der Waals surface area contributed by atoms with Gasteiger partial charge >= 0.3 is 0 Å². The monoisotopic (exact) mass is 523 g/mol. The molecular weight excluding hydrogens is 490 g/mol. The minimum atomic E-state index is 0.278. The number of likely N-dealkylation sites (tertiary alicyclic amines) is 1. The Kier molecular flexibility index (Phi) is 6.35. The predicted molar refractivity (Wildman–Crippen MR) is 154 cm³/mol. The number of nitrogens with one attached hydrogen (secondary N) is 3. The smallest absolute Gasteiger partial charge is 0.160 e. The highest BCUT2D eigenvalue weighted by atomic mass is 16.5. The number of fused-ring (bicyclic) bond motifs is 2. The Balaban J connectivity index is 1.09. The fourth-order valence-corrected chi connectivity index (χ4v) is 5.73. The van der Waals surface area contributed by atoms with Crippen LogP contribution < -0.4 is 16.0 Å². The van der Waals surface area contributed by atoms with E-state index < -0.39 is 0 Å². The lowest BCUT2D eigenvalue weighted by molar-refractivity contribution is 0.122. The first kappa shape index (κ1) is 24.1. The molecule has 0 radical (unpaired) electrons. The molecule has 0 saturated carbocycles. The van der Waals surface area contributed by atoms with Crippen LogP contribution in [0.15, 0.2) is 54.9 Å². The summed E-state index contributed by atoms with van der Waals surface area (Å²) in [6.45, 7) is 6.08. The maximum Gasteiger partial charge on any atom is 0.160 e. The highest BCUT2D eigenvalue weighted by Crippen LogP contribution is 2.31. The summed E-state index contributed by atoms with van der Waals surface area (Å²) in [5.74, 6) is 1.78. The quantitative estimate of drug-likeness (QED) is 0.263.